The van der Waals surface area contributed by atoms with Crippen molar-refractivity contribution < 1.29 is 23.8 Å². The van der Waals surface area contributed by atoms with E-state index in [4.69, 9.17) is 14.3 Å². The van der Waals surface area contributed by atoms with Gasteiger partial charge in [-0.05, 0) is 31.4 Å². The molecule has 1 heterocycles. The Morgan fingerprint density at radius 3 is 2.67 bits per heavy atom. The quantitative estimate of drug-likeness (QED) is 0.843. The van der Waals surface area contributed by atoms with Crippen molar-refractivity contribution >= 4 is 11.9 Å². The standard InChI is InChI=1S/C12H15NO5/c1-17-8-3-2-7(6-8)13-11(14)9-4-5-10(18-9)12(15)16/h4-5,7-8H,2-3,6H2,1H3,(H,13,14)(H,15,16). The molecule has 0 saturated heterocycles. The second-order valence-electron chi connectivity index (χ2n) is 4.31. The van der Waals surface area contributed by atoms with Crippen LogP contribution in [0.25, 0.3) is 0 Å². The summed E-state index contributed by atoms with van der Waals surface area (Å²) < 4.78 is 10.1. The molecule has 98 valence electrons. The maximum absolute atomic E-state index is 11.8. The molecule has 2 N–H and O–H groups in total. The number of furan rings is 1. The van der Waals surface area contributed by atoms with Gasteiger partial charge in [0.2, 0.25) is 5.76 Å². The fourth-order valence-corrected chi connectivity index (χ4v) is 2.12. The summed E-state index contributed by atoms with van der Waals surface area (Å²) in [7, 11) is 1.65. The molecule has 1 aliphatic rings. The molecular weight excluding hydrogens is 238 g/mol. The van der Waals surface area contributed by atoms with E-state index in [-0.39, 0.29) is 29.6 Å². The zero-order valence-corrected chi connectivity index (χ0v) is 10.0. The molecule has 0 aliphatic heterocycles. The van der Waals surface area contributed by atoms with Gasteiger partial charge < -0.3 is 19.6 Å². The molecule has 18 heavy (non-hydrogen) atoms. The lowest BCUT2D eigenvalue weighted by Crippen LogP contribution is -2.33. The molecule has 1 saturated carbocycles. The van der Waals surface area contributed by atoms with Crippen LogP contribution in [-0.2, 0) is 4.74 Å². The van der Waals surface area contributed by atoms with Crippen molar-refractivity contribution in [3.63, 3.8) is 0 Å². The van der Waals surface area contributed by atoms with Crippen LogP contribution in [0.3, 0.4) is 0 Å². The Hall–Kier alpha value is -1.82. The number of amides is 1. The SMILES string of the molecule is COC1CCC(NC(=O)c2ccc(C(=O)O)o2)C1. The van der Waals surface area contributed by atoms with E-state index >= 15 is 0 Å². The number of carbonyl (C=O) groups is 2. The summed E-state index contributed by atoms with van der Waals surface area (Å²) in [5.74, 6) is -1.78. The Morgan fingerprint density at radius 1 is 1.39 bits per heavy atom. The molecule has 0 radical (unpaired) electrons. The molecule has 2 unspecified atom stereocenters. The van der Waals surface area contributed by atoms with Crippen LogP contribution < -0.4 is 5.32 Å². The Bertz CT molecular complexity index is 453. The van der Waals surface area contributed by atoms with Crippen molar-refractivity contribution in [1.29, 1.82) is 0 Å². The minimum absolute atomic E-state index is 0.0215. The minimum atomic E-state index is -1.19. The van der Waals surface area contributed by atoms with Gasteiger partial charge in [-0.15, -0.1) is 0 Å². The number of nitrogens with one attached hydrogen (secondary N) is 1. The van der Waals surface area contributed by atoms with Gasteiger partial charge in [-0.2, -0.15) is 0 Å². The van der Waals surface area contributed by atoms with E-state index in [0.717, 1.165) is 19.3 Å². The highest BCUT2D eigenvalue weighted by Crippen LogP contribution is 2.21. The van der Waals surface area contributed by atoms with Crippen LogP contribution >= 0.6 is 0 Å². The molecule has 6 nitrogen and oxygen atoms in total. The molecule has 0 spiro atoms. The van der Waals surface area contributed by atoms with Gasteiger partial charge >= 0.3 is 5.97 Å². The first-order valence-corrected chi connectivity index (χ1v) is 5.77. The highest BCUT2D eigenvalue weighted by molar-refractivity contribution is 5.93. The van der Waals surface area contributed by atoms with Crippen molar-refractivity contribution in [1.82, 2.24) is 5.32 Å². The number of aromatic carboxylic acids is 1. The number of carboxylic acid groups (broad SMARTS) is 1. The van der Waals surface area contributed by atoms with E-state index in [2.05, 4.69) is 5.32 Å². The molecule has 1 fully saturated rings. The number of carboxylic acids is 1. The minimum Gasteiger partial charge on any atom is -0.475 e. The first-order chi connectivity index (χ1) is 8.60. The Kier molecular flexibility index (Phi) is 3.66. The van der Waals surface area contributed by atoms with Crippen molar-refractivity contribution in [2.75, 3.05) is 7.11 Å². The average molecular weight is 253 g/mol. The molecule has 2 rings (SSSR count). The zero-order valence-electron chi connectivity index (χ0n) is 10.0. The van der Waals surface area contributed by atoms with Crippen molar-refractivity contribution in [2.45, 2.75) is 31.4 Å². The number of methoxy groups -OCH3 is 1. The van der Waals surface area contributed by atoms with E-state index in [1.807, 2.05) is 0 Å². The maximum Gasteiger partial charge on any atom is 0.371 e. The highest BCUT2D eigenvalue weighted by Gasteiger charge is 2.26. The summed E-state index contributed by atoms with van der Waals surface area (Å²) in [6.45, 7) is 0. The summed E-state index contributed by atoms with van der Waals surface area (Å²) in [6, 6.07) is 2.69. The van der Waals surface area contributed by atoms with Gasteiger partial charge in [0, 0.05) is 13.2 Å². The van der Waals surface area contributed by atoms with E-state index < -0.39 is 5.97 Å². The number of ether oxygens (including phenoxy) is 1. The lowest BCUT2D eigenvalue weighted by Gasteiger charge is -2.11. The summed E-state index contributed by atoms with van der Waals surface area (Å²) in [5.41, 5.74) is 0. The number of carbonyl (C=O) groups excluding carboxylic acids is 1. The van der Waals surface area contributed by atoms with Crippen molar-refractivity contribution in [2.24, 2.45) is 0 Å². The fourth-order valence-electron chi connectivity index (χ4n) is 2.12. The second-order valence-corrected chi connectivity index (χ2v) is 4.31. The topological polar surface area (TPSA) is 88.8 Å². The first-order valence-electron chi connectivity index (χ1n) is 5.77. The molecule has 2 atom stereocenters. The lowest BCUT2D eigenvalue weighted by atomic mass is 10.2. The molecule has 0 bridgehead atoms. The van der Waals surface area contributed by atoms with Gasteiger partial charge in [0.1, 0.15) is 0 Å². The predicted octanol–water partition coefficient (Wildman–Crippen LogP) is 1.28. The lowest BCUT2D eigenvalue weighted by molar-refractivity contribution is 0.0659. The van der Waals surface area contributed by atoms with Crippen molar-refractivity contribution in [3.05, 3.63) is 23.7 Å². The van der Waals surface area contributed by atoms with E-state index in [9.17, 15) is 9.59 Å². The van der Waals surface area contributed by atoms with Crippen LogP contribution in [0.4, 0.5) is 0 Å². The number of hydrogen-bond acceptors (Lipinski definition) is 4. The number of hydrogen-bond donors (Lipinski definition) is 2. The summed E-state index contributed by atoms with van der Waals surface area (Å²) in [6.07, 6.45) is 2.73. The third-order valence-electron chi connectivity index (χ3n) is 3.09. The summed E-state index contributed by atoms with van der Waals surface area (Å²) in [4.78, 5) is 22.4. The molecule has 6 heteroatoms. The van der Waals surface area contributed by atoms with Gasteiger partial charge in [-0.25, -0.2) is 4.79 Å². The Balaban J connectivity index is 1.93. The van der Waals surface area contributed by atoms with Crippen LogP contribution in [0.15, 0.2) is 16.5 Å². The molecule has 1 aromatic rings. The monoisotopic (exact) mass is 253 g/mol. The van der Waals surface area contributed by atoms with Crippen molar-refractivity contribution in [3.8, 4) is 0 Å². The van der Waals surface area contributed by atoms with Crippen LogP contribution in [0.5, 0.6) is 0 Å². The Labute approximate surface area is 104 Å². The zero-order chi connectivity index (χ0) is 13.1. The third kappa shape index (κ3) is 2.70. The van der Waals surface area contributed by atoms with Gasteiger partial charge in [-0.1, -0.05) is 0 Å². The third-order valence-corrected chi connectivity index (χ3v) is 3.09. The smallest absolute Gasteiger partial charge is 0.371 e. The molecule has 1 aromatic heterocycles. The Morgan fingerprint density at radius 2 is 2.11 bits per heavy atom. The first kappa shape index (κ1) is 12.6. The molecule has 1 aliphatic carbocycles. The van der Waals surface area contributed by atoms with Gasteiger partial charge in [-0.3, -0.25) is 4.79 Å². The van der Waals surface area contributed by atoms with Gasteiger partial charge in [0.25, 0.3) is 5.91 Å². The maximum atomic E-state index is 11.8. The molecule has 0 aromatic carbocycles. The highest BCUT2D eigenvalue weighted by atomic mass is 16.5. The summed E-state index contributed by atoms with van der Waals surface area (Å²) in [5, 5.41) is 11.5. The van der Waals surface area contributed by atoms with E-state index in [1.54, 1.807) is 7.11 Å². The largest absolute Gasteiger partial charge is 0.475 e. The van der Waals surface area contributed by atoms with Crippen LogP contribution in [0, 0.1) is 0 Å². The van der Waals surface area contributed by atoms with Crippen LogP contribution in [0.2, 0.25) is 0 Å². The molecular formula is C12H15NO5. The second kappa shape index (κ2) is 5.22. The van der Waals surface area contributed by atoms with Crippen LogP contribution in [0.1, 0.15) is 40.4 Å². The van der Waals surface area contributed by atoms with Crippen LogP contribution in [-0.4, -0.2) is 36.2 Å². The predicted molar refractivity (Wildman–Crippen MR) is 61.6 cm³/mol. The average Bonchev–Trinajstić information content (AvgIpc) is 2.97. The van der Waals surface area contributed by atoms with E-state index in [0.29, 0.717) is 0 Å². The van der Waals surface area contributed by atoms with Gasteiger partial charge in [0.15, 0.2) is 5.76 Å². The number of rotatable bonds is 4. The summed E-state index contributed by atoms with van der Waals surface area (Å²) >= 11 is 0. The van der Waals surface area contributed by atoms with Gasteiger partial charge in [0.05, 0.1) is 6.10 Å². The molecule has 1 amide bonds. The normalized spacial score (nSPS) is 22.9. The fraction of sp³-hybridized carbons (Fsp3) is 0.500. The van der Waals surface area contributed by atoms with E-state index in [1.165, 1.54) is 12.1 Å².